The van der Waals surface area contributed by atoms with E-state index in [0.717, 1.165) is 12.1 Å². The maximum absolute atomic E-state index is 10.8. The summed E-state index contributed by atoms with van der Waals surface area (Å²) < 4.78 is 30.3. The van der Waals surface area contributed by atoms with Gasteiger partial charge < -0.3 is 10.8 Å². The van der Waals surface area contributed by atoms with Crippen molar-refractivity contribution in [2.45, 2.75) is 4.90 Å². The second-order valence-electron chi connectivity index (χ2n) is 2.66. The Morgan fingerprint density at radius 1 is 1.40 bits per heavy atom. The molecule has 0 amide bonds. The third kappa shape index (κ3) is 2.38. The molecule has 0 aliphatic heterocycles. The van der Waals surface area contributed by atoms with Crippen molar-refractivity contribution >= 4 is 33.4 Å². The molecule has 0 fully saturated rings. The molecule has 8 heteroatoms. The largest absolute Gasteiger partial charge is 0.478 e. The molecule has 15 heavy (non-hydrogen) atoms. The zero-order valence-corrected chi connectivity index (χ0v) is 8.71. The fourth-order valence-electron chi connectivity index (χ4n) is 0.931. The van der Waals surface area contributed by atoms with E-state index >= 15 is 0 Å². The molecule has 0 heterocycles. The number of hydrogen-bond donors (Lipinski definition) is 3. The first-order valence-corrected chi connectivity index (χ1v) is 5.35. The first-order valence-electron chi connectivity index (χ1n) is 3.53. The topological polar surface area (TPSA) is 118 Å². The molecule has 0 aliphatic rings. The summed E-state index contributed by atoms with van der Waals surface area (Å²) in [5.41, 5.74) is 4.68. The molecule has 4 N–H and O–H groups in total. The predicted octanol–water partition coefficient (Wildman–Crippen LogP) is 0.867. The molecule has 0 atom stereocenters. The van der Waals surface area contributed by atoms with Crippen molar-refractivity contribution < 1.29 is 22.9 Å². The van der Waals surface area contributed by atoms with Crippen LogP contribution in [0.15, 0.2) is 17.0 Å². The number of rotatable bonds is 2. The van der Waals surface area contributed by atoms with Crippen LogP contribution in [-0.2, 0) is 10.1 Å². The monoisotopic (exact) mass is 251 g/mol. The van der Waals surface area contributed by atoms with E-state index in [2.05, 4.69) is 0 Å². The summed E-state index contributed by atoms with van der Waals surface area (Å²) in [7, 11) is -4.59. The molecule has 0 radical (unpaired) electrons. The normalized spacial score (nSPS) is 11.3. The van der Waals surface area contributed by atoms with Crippen LogP contribution in [0, 0.1) is 0 Å². The van der Waals surface area contributed by atoms with E-state index in [1.807, 2.05) is 0 Å². The average Bonchev–Trinajstić information content (AvgIpc) is 2.06. The number of nitrogen functional groups attached to an aromatic ring is 1. The Balaban J connectivity index is 3.59. The second kappa shape index (κ2) is 3.69. The van der Waals surface area contributed by atoms with E-state index in [0.29, 0.717) is 0 Å². The van der Waals surface area contributed by atoms with Gasteiger partial charge in [0.05, 0.1) is 16.3 Å². The third-order valence-corrected chi connectivity index (χ3v) is 3.00. The van der Waals surface area contributed by atoms with Gasteiger partial charge in [-0.05, 0) is 12.1 Å². The minimum atomic E-state index is -4.59. The number of benzene rings is 1. The Bertz CT molecular complexity index is 524. The molecule has 0 saturated heterocycles. The predicted molar refractivity (Wildman–Crippen MR) is 52.6 cm³/mol. The molecular formula is C7H6ClNO5S. The summed E-state index contributed by atoms with van der Waals surface area (Å²) in [4.78, 5) is 9.85. The van der Waals surface area contributed by atoms with Gasteiger partial charge in [0.2, 0.25) is 0 Å². The van der Waals surface area contributed by atoms with Crippen LogP contribution in [0.2, 0.25) is 5.02 Å². The van der Waals surface area contributed by atoms with Crippen molar-refractivity contribution in [2.24, 2.45) is 0 Å². The Morgan fingerprint density at radius 2 is 1.93 bits per heavy atom. The standard InChI is InChI=1S/C7H6ClNO5S/c8-6-4(9)1-3(7(10)11)2-5(6)15(12,13)14/h1-2H,9H2,(H,10,11)(H,12,13,14). The van der Waals surface area contributed by atoms with Crippen LogP contribution >= 0.6 is 11.6 Å². The highest BCUT2D eigenvalue weighted by molar-refractivity contribution is 7.86. The van der Waals surface area contributed by atoms with Crippen LogP contribution in [0.5, 0.6) is 0 Å². The van der Waals surface area contributed by atoms with Crippen LogP contribution in [0.3, 0.4) is 0 Å². The van der Waals surface area contributed by atoms with Crippen molar-refractivity contribution in [2.75, 3.05) is 5.73 Å². The van der Waals surface area contributed by atoms with Gasteiger partial charge in [-0.2, -0.15) is 8.42 Å². The van der Waals surface area contributed by atoms with Crippen LogP contribution in [0.1, 0.15) is 10.4 Å². The fraction of sp³-hybridized carbons (Fsp3) is 0. The highest BCUT2D eigenvalue weighted by Crippen LogP contribution is 2.28. The van der Waals surface area contributed by atoms with Gasteiger partial charge in [0.1, 0.15) is 4.90 Å². The van der Waals surface area contributed by atoms with Gasteiger partial charge in [-0.25, -0.2) is 4.79 Å². The summed E-state index contributed by atoms with van der Waals surface area (Å²) >= 11 is 5.50. The first kappa shape index (κ1) is 11.8. The molecule has 0 bridgehead atoms. The molecule has 1 aromatic rings. The summed E-state index contributed by atoms with van der Waals surface area (Å²) in [6.45, 7) is 0. The Kier molecular flexibility index (Phi) is 2.89. The van der Waals surface area contributed by atoms with Crippen molar-refractivity contribution in [1.82, 2.24) is 0 Å². The second-order valence-corrected chi connectivity index (χ2v) is 4.43. The lowest BCUT2D eigenvalue weighted by Crippen LogP contribution is -2.06. The van der Waals surface area contributed by atoms with Crippen LogP contribution < -0.4 is 5.73 Å². The maximum Gasteiger partial charge on any atom is 0.335 e. The van der Waals surface area contributed by atoms with Crippen molar-refractivity contribution in [1.29, 1.82) is 0 Å². The number of aromatic carboxylic acids is 1. The minimum absolute atomic E-state index is 0.232. The van der Waals surface area contributed by atoms with E-state index in [4.69, 9.17) is 27.0 Å². The maximum atomic E-state index is 10.8. The quantitative estimate of drug-likeness (QED) is 0.530. The fourth-order valence-corrected chi connectivity index (χ4v) is 1.95. The number of carbonyl (C=O) groups is 1. The minimum Gasteiger partial charge on any atom is -0.478 e. The molecule has 0 aliphatic carbocycles. The molecule has 82 valence electrons. The molecule has 0 aromatic heterocycles. The molecule has 6 nitrogen and oxygen atoms in total. The highest BCUT2D eigenvalue weighted by atomic mass is 35.5. The van der Waals surface area contributed by atoms with Crippen LogP contribution in [-0.4, -0.2) is 24.0 Å². The lowest BCUT2D eigenvalue weighted by molar-refractivity contribution is 0.0696. The molecular weight excluding hydrogens is 246 g/mol. The van der Waals surface area contributed by atoms with Gasteiger partial charge in [0.25, 0.3) is 10.1 Å². The third-order valence-electron chi connectivity index (χ3n) is 1.59. The number of halogens is 1. The van der Waals surface area contributed by atoms with E-state index < -0.39 is 26.0 Å². The van der Waals surface area contributed by atoms with Gasteiger partial charge in [-0.15, -0.1) is 0 Å². The van der Waals surface area contributed by atoms with Gasteiger partial charge >= 0.3 is 5.97 Å². The average molecular weight is 252 g/mol. The van der Waals surface area contributed by atoms with Crippen LogP contribution in [0.25, 0.3) is 0 Å². The smallest absolute Gasteiger partial charge is 0.335 e. The van der Waals surface area contributed by atoms with Gasteiger partial charge in [0.15, 0.2) is 0 Å². The summed E-state index contributed by atoms with van der Waals surface area (Å²) in [6.07, 6.45) is 0. The Labute approximate surface area is 90.0 Å². The SMILES string of the molecule is Nc1cc(C(=O)O)cc(S(=O)(=O)O)c1Cl. The summed E-state index contributed by atoms with van der Waals surface area (Å²) in [5.74, 6) is -1.37. The molecule has 0 unspecified atom stereocenters. The number of anilines is 1. The first-order chi connectivity index (χ1) is 6.73. The Hall–Kier alpha value is -1.31. The Morgan fingerprint density at radius 3 is 2.33 bits per heavy atom. The van der Waals surface area contributed by atoms with E-state index in [1.54, 1.807) is 0 Å². The van der Waals surface area contributed by atoms with Gasteiger partial charge in [-0.1, -0.05) is 11.6 Å². The lowest BCUT2D eigenvalue weighted by atomic mass is 10.2. The molecule has 0 saturated carbocycles. The van der Waals surface area contributed by atoms with Crippen molar-refractivity contribution in [3.63, 3.8) is 0 Å². The van der Waals surface area contributed by atoms with Crippen LogP contribution in [0.4, 0.5) is 5.69 Å². The summed E-state index contributed by atoms with van der Waals surface area (Å²) in [6, 6.07) is 1.73. The van der Waals surface area contributed by atoms with E-state index in [1.165, 1.54) is 0 Å². The molecule has 0 spiro atoms. The number of carboxylic acid groups (broad SMARTS) is 1. The van der Waals surface area contributed by atoms with Crippen molar-refractivity contribution in [3.05, 3.63) is 22.7 Å². The van der Waals surface area contributed by atoms with Gasteiger partial charge in [0, 0.05) is 0 Å². The molecule has 1 rings (SSSR count). The lowest BCUT2D eigenvalue weighted by Gasteiger charge is -2.05. The van der Waals surface area contributed by atoms with E-state index in [-0.39, 0.29) is 11.3 Å². The zero-order chi connectivity index (χ0) is 11.8. The van der Waals surface area contributed by atoms with E-state index in [9.17, 15) is 13.2 Å². The summed E-state index contributed by atoms with van der Waals surface area (Å²) in [5, 5.41) is 8.21. The number of hydrogen-bond acceptors (Lipinski definition) is 4. The van der Waals surface area contributed by atoms with Crippen molar-refractivity contribution in [3.8, 4) is 0 Å². The zero-order valence-electron chi connectivity index (χ0n) is 7.14. The molecule has 1 aromatic carbocycles. The highest BCUT2D eigenvalue weighted by Gasteiger charge is 2.19. The number of nitrogens with two attached hydrogens (primary N) is 1. The van der Waals surface area contributed by atoms with Gasteiger partial charge in [-0.3, -0.25) is 4.55 Å². The number of carboxylic acids is 1.